The van der Waals surface area contributed by atoms with E-state index in [2.05, 4.69) is 91.9 Å². The Hall–Kier alpha value is -1.27. The SMILES string of the molecule is CC1=Cc2cccc3cccc1c23.[Cl-].[Cl-].[Zr+3].c1ccc2[cH-]ccc2c1. The standard InChI is InChI=1S/C13H10.C9H7.2ClH.Zr/c1-9-8-11-6-2-4-10-5-3-7-12(9)13(10)11;1-2-5-9-7-3-6-8(9)4-1;;;/h2-8H,1H3;1-7H;2*1H;/q;-1;;;+3/p-2. The van der Waals surface area contributed by atoms with Crippen molar-refractivity contribution in [2.75, 3.05) is 0 Å². The van der Waals surface area contributed by atoms with Crippen LogP contribution < -0.4 is 24.8 Å². The number of allylic oxidation sites excluding steroid dienone is 1. The van der Waals surface area contributed by atoms with E-state index in [0.717, 1.165) is 0 Å². The molecule has 0 atom stereocenters. The molecule has 0 spiro atoms. The van der Waals surface area contributed by atoms with E-state index in [1.165, 1.54) is 38.2 Å². The predicted octanol–water partition coefficient (Wildman–Crippen LogP) is 0.278. The first-order chi connectivity index (χ1) is 10.8. The Labute approximate surface area is 180 Å². The molecule has 0 amide bonds. The summed E-state index contributed by atoms with van der Waals surface area (Å²) in [6, 6.07) is 27.7. The van der Waals surface area contributed by atoms with Crippen molar-refractivity contribution in [1.29, 1.82) is 0 Å². The fourth-order valence-electron chi connectivity index (χ4n) is 3.20. The fraction of sp³-hybridized carbons (Fsp3) is 0.0455. The third-order valence-electron chi connectivity index (χ3n) is 4.28. The monoisotopic (exact) mass is 441 g/mol. The summed E-state index contributed by atoms with van der Waals surface area (Å²) in [7, 11) is 0. The van der Waals surface area contributed by atoms with Crippen molar-refractivity contribution in [3.63, 3.8) is 0 Å². The van der Waals surface area contributed by atoms with Gasteiger partial charge in [0.15, 0.2) is 0 Å². The Morgan fingerprint density at radius 3 is 2.16 bits per heavy atom. The molecule has 4 aromatic rings. The first kappa shape index (κ1) is 21.8. The molecule has 0 fully saturated rings. The molecule has 123 valence electrons. The van der Waals surface area contributed by atoms with E-state index in [1.54, 1.807) is 0 Å². The third kappa shape index (κ3) is 4.29. The molecule has 0 heterocycles. The Morgan fingerprint density at radius 1 is 0.720 bits per heavy atom. The van der Waals surface area contributed by atoms with Crippen LogP contribution in [0.2, 0.25) is 0 Å². The van der Waals surface area contributed by atoms with Crippen LogP contribution in [0.5, 0.6) is 0 Å². The molecule has 4 aromatic carbocycles. The van der Waals surface area contributed by atoms with Gasteiger partial charge in [0.1, 0.15) is 0 Å². The van der Waals surface area contributed by atoms with Gasteiger partial charge in [0.25, 0.3) is 0 Å². The zero-order valence-corrected chi connectivity index (χ0v) is 17.8. The van der Waals surface area contributed by atoms with E-state index in [-0.39, 0.29) is 51.0 Å². The molecule has 0 aromatic heterocycles. The van der Waals surface area contributed by atoms with Crippen LogP contribution in [0.4, 0.5) is 0 Å². The van der Waals surface area contributed by atoms with Crippen molar-refractivity contribution in [1.82, 2.24) is 0 Å². The summed E-state index contributed by atoms with van der Waals surface area (Å²) >= 11 is 0. The van der Waals surface area contributed by atoms with Crippen LogP contribution in [0.1, 0.15) is 18.1 Å². The molecule has 0 N–H and O–H groups in total. The zero-order valence-electron chi connectivity index (χ0n) is 13.8. The maximum atomic E-state index is 2.26. The number of halogens is 2. The second-order valence-corrected chi connectivity index (χ2v) is 5.73. The molecule has 1 aliphatic carbocycles. The summed E-state index contributed by atoms with van der Waals surface area (Å²) < 4.78 is 0. The average Bonchev–Trinajstić information content (AvgIpc) is 3.15. The summed E-state index contributed by atoms with van der Waals surface area (Å²) in [5.41, 5.74) is 4.14. The number of benzene rings is 3. The van der Waals surface area contributed by atoms with Gasteiger partial charge in [-0.05, 0) is 34.4 Å². The second-order valence-electron chi connectivity index (χ2n) is 5.73. The molecule has 0 unspecified atom stereocenters. The molecule has 5 rings (SSSR count). The molecule has 0 saturated carbocycles. The topological polar surface area (TPSA) is 0 Å². The van der Waals surface area contributed by atoms with Crippen LogP contribution in [0, 0.1) is 0 Å². The van der Waals surface area contributed by atoms with Crippen LogP contribution in [0.15, 0.2) is 78.9 Å². The number of hydrogen-bond donors (Lipinski definition) is 0. The van der Waals surface area contributed by atoms with E-state index < -0.39 is 0 Å². The Bertz CT molecular complexity index is 964. The molecule has 25 heavy (non-hydrogen) atoms. The van der Waals surface area contributed by atoms with Gasteiger partial charge in [-0.1, -0.05) is 48.5 Å². The Kier molecular flexibility index (Phi) is 8.22. The number of rotatable bonds is 0. The van der Waals surface area contributed by atoms with Gasteiger partial charge in [-0.3, -0.25) is 0 Å². The average molecular weight is 444 g/mol. The number of hydrogen-bond acceptors (Lipinski definition) is 0. The van der Waals surface area contributed by atoms with Crippen molar-refractivity contribution in [2.45, 2.75) is 6.92 Å². The van der Waals surface area contributed by atoms with Gasteiger partial charge in [-0.15, -0.1) is 29.7 Å². The summed E-state index contributed by atoms with van der Waals surface area (Å²) in [5.74, 6) is 0. The minimum Gasteiger partial charge on any atom is -1.00 e. The van der Waals surface area contributed by atoms with E-state index >= 15 is 0 Å². The number of fused-ring (bicyclic) bond motifs is 1. The zero-order chi connectivity index (χ0) is 14.9. The van der Waals surface area contributed by atoms with E-state index in [1.807, 2.05) is 0 Å². The van der Waals surface area contributed by atoms with Crippen LogP contribution in [0.3, 0.4) is 0 Å². The molecule has 0 aliphatic heterocycles. The quantitative estimate of drug-likeness (QED) is 0.343. The van der Waals surface area contributed by atoms with Crippen molar-refractivity contribution < 1.29 is 51.0 Å². The summed E-state index contributed by atoms with van der Waals surface area (Å²) in [4.78, 5) is 0. The summed E-state index contributed by atoms with van der Waals surface area (Å²) in [5, 5.41) is 5.43. The van der Waals surface area contributed by atoms with Crippen LogP contribution in [0.25, 0.3) is 33.2 Å². The molecule has 0 nitrogen and oxygen atoms in total. The van der Waals surface area contributed by atoms with Gasteiger partial charge < -0.3 is 24.8 Å². The van der Waals surface area contributed by atoms with Gasteiger partial charge in [0.2, 0.25) is 0 Å². The van der Waals surface area contributed by atoms with Gasteiger partial charge in [0, 0.05) is 0 Å². The van der Waals surface area contributed by atoms with E-state index in [0.29, 0.717) is 0 Å². The van der Waals surface area contributed by atoms with Crippen molar-refractivity contribution in [3.05, 3.63) is 90.0 Å². The normalized spacial score (nSPS) is 10.7. The third-order valence-corrected chi connectivity index (χ3v) is 4.28. The van der Waals surface area contributed by atoms with E-state index in [9.17, 15) is 0 Å². The predicted molar refractivity (Wildman–Crippen MR) is 97.0 cm³/mol. The Balaban J connectivity index is 0.000000234. The first-order valence-corrected chi connectivity index (χ1v) is 7.64. The summed E-state index contributed by atoms with van der Waals surface area (Å²) in [6.07, 6.45) is 2.26. The van der Waals surface area contributed by atoms with Crippen LogP contribution in [-0.4, -0.2) is 0 Å². The maximum absolute atomic E-state index is 2.26. The fourth-order valence-corrected chi connectivity index (χ4v) is 3.20. The van der Waals surface area contributed by atoms with Gasteiger partial charge >= 0.3 is 26.2 Å². The summed E-state index contributed by atoms with van der Waals surface area (Å²) in [6.45, 7) is 2.18. The van der Waals surface area contributed by atoms with Crippen LogP contribution >= 0.6 is 0 Å². The van der Waals surface area contributed by atoms with Crippen LogP contribution in [-0.2, 0) is 26.2 Å². The molecular formula is C22H17Cl2Zr. The van der Waals surface area contributed by atoms with Crippen molar-refractivity contribution in [2.24, 2.45) is 0 Å². The first-order valence-electron chi connectivity index (χ1n) is 7.64. The smallest absolute Gasteiger partial charge is 1.00 e. The molecule has 1 aliphatic rings. The minimum absolute atomic E-state index is 0. The minimum atomic E-state index is 0. The maximum Gasteiger partial charge on any atom is 3.00 e. The largest absolute Gasteiger partial charge is 3.00 e. The Morgan fingerprint density at radius 2 is 1.40 bits per heavy atom. The van der Waals surface area contributed by atoms with Crippen molar-refractivity contribution >= 4 is 33.2 Å². The van der Waals surface area contributed by atoms with Gasteiger partial charge in [0.05, 0.1) is 0 Å². The van der Waals surface area contributed by atoms with E-state index in [4.69, 9.17) is 0 Å². The van der Waals surface area contributed by atoms with Crippen molar-refractivity contribution in [3.8, 4) is 0 Å². The van der Waals surface area contributed by atoms with Gasteiger partial charge in [-0.25, -0.2) is 0 Å². The second kappa shape index (κ2) is 9.44. The molecule has 3 heteroatoms. The molecule has 0 bridgehead atoms. The molecule has 1 radical (unpaired) electrons. The molecule has 0 saturated heterocycles. The van der Waals surface area contributed by atoms with Gasteiger partial charge in [-0.2, -0.15) is 17.5 Å². The molecular weight excluding hydrogens is 426 g/mol.